The normalized spacial score (nSPS) is 11.8. The fourth-order valence-electron chi connectivity index (χ4n) is 2.78. The SMILES string of the molecule is COc1ccc(CN(C(=O)C(C)C)C(C)C(=O)NCc2ccccc2Cl)cc1. The van der Waals surface area contributed by atoms with Gasteiger partial charge in [-0.2, -0.15) is 0 Å². The van der Waals surface area contributed by atoms with Gasteiger partial charge in [0.25, 0.3) is 0 Å². The number of nitrogens with one attached hydrogen (secondary N) is 1. The zero-order chi connectivity index (χ0) is 20.7. The van der Waals surface area contributed by atoms with Crippen LogP contribution >= 0.6 is 11.6 Å². The van der Waals surface area contributed by atoms with E-state index in [4.69, 9.17) is 16.3 Å². The van der Waals surface area contributed by atoms with Gasteiger partial charge in [0, 0.05) is 24.0 Å². The minimum atomic E-state index is -0.612. The van der Waals surface area contributed by atoms with Crippen molar-refractivity contribution < 1.29 is 14.3 Å². The Hall–Kier alpha value is -2.53. The van der Waals surface area contributed by atoms with Gasteiger partial charge in [-0.3, -0.25) is 9.59 Å². The monoisotopic (exact) mass is 402 g/mol. The number of hydrogen-bond acceptors (Lipinski definition) is 3. The Labute approximate surface area is 171 Å². The van der Waals surface area contributed by atoms with Gasteiger partial charge in [-0.1, -0.05) is 55.8 Å². The second-order valence-corrected chi connectivity index (χ2v) is 7.36. The highest BCUT2D eigenvalue weighted by atomic mass is 35.5. The molecule has 0 bridgehead atoms. The van der Waals surface area contributed by atoms with Crippen molar-refractivity contribution in [3.8, 4) is 5.75 Å². The molecule has 6 heteroatoms. The van der Waals surface area contributed by atoms with Gasteiger partial charge < -0.3 is 15.0 Å². The Morgan fingerprint density at radius 3 is 2.29 bits per heavy atom. The topological polar surface area (TPSA) is 58.6 Å². The van der Waals surface area contributed by atoms with Gasteiger partial charge in [0.2, 0.25) is 11.8 Å². The standard InChI is InChI=1S/C22H27ClN2O3/c1-15(2)22(27)25(14-17-9-11-19(28-4)12-10-17)16(3)21(26)24-13-18-7-5-6-8-20(18)23/h5-12,15-16H,13-14H2,1-4H3,(H,24,26). The first-order valence-corrected chi connectivity index (χ1v) is 9.65. The number of hydrogen-bond donors (Lipinski definition) is 1. The number of benzene rings is 2. The summed E-state index contributed by atoms with van der Waals surface area (Å²) in [5, 5.41) is 3.48. The molecule has 2 amide bonds. The largest absolute Gasteiger partial charge is 0.497 e. The van der Waals surface area contributed by atoms with Crippen LogP contribution in [0.5, 0.6) is 5.75 Å². The van der Waals surface area contributed by atoms with E-state index in [0.29, 0.717) is 18.1 Å². The summed E-state index contributed by atoms with van der Waals surface area (Å²) in [6, 6.07) is 14.2. The van der Waals surface area contributed by atoms with Gasteiger partial charge in [-0.15, -0.1) is 0 Å². The van der Waals surface area contributed by atoms with Crippen molar-refractivity contribution in [1.29, 1.82) is 0 Å². The van der Waals surface area contributed by atoms with Gasteiger partial charge in [-0.25, -0.2) is 0 Å². The molecule has 0 aliphatic carbocycles. The van der Waals surface area contributed by atoms with Crippen LogP contribution in [0.1, 0.15) is 31.9 Å². The molecule has 2 aromatic rings. The van der Waals surface area contributed by atoms with Crippen molar-refractivity contribution in [3.05, 3.63) is 64.7 Å². The molecule has 0 spiro atoms. The molecular weight excluding hydrogens is 376 g/mol. The van der Waals surface area contributed by atoms with Crippen LogP contribution in [-0.4, -0.2) is 29.9 Å². The third-order valence-corrected chi connectivity index (χ3v) is 4.92. The van der Waals surface area contributed by atoms with Gasteiger partial charge in [0.15, 0.2) is 0 Å². The molecule has 28 heavy (non-hydrogen) atoms. The van der Waals surface area contributed by atoms with E-state index in [1.807, 2.05) is 56.3 Å². The first-order chi connectivity index (χ1) is 13.3. The molecule has 0 heterocycles. The highest BCUT2D eigenvalue weighted by Gasteiger charge is 2.27. The molecule has 1 unspecified atom stereocenters. The van der Waals surface area contributed by atoms with Crippen LogP contribution in [0.25, 0.3) is 0 Å². The van der Waals surface area contributed by atoms with Crippen LogP contribution in [0.15, 0.2) is 48.5 Å². The number of rotatable bonds is 8. The number of ether oxygens (including phenoxy) is 1. The molecule has 2 rings (SSSR count). The molecule has 0 saturated heterocycles. The summed E-state index contributed by atoms with van der Waals surface area (Å²) in [5.74, 6) is 0.242. The Morgan fingerprint density at radius 2 is 1.71 bits per heavy atom. The van der Waals surface area contributed by atoms with E-state index in [2.05, 4.69) is 5.32 Å². The molecule has 2 aromatic carbocycles. The Morgan fingerprint density at radius 1 is 1.07 bits per heavy atom. The minimum Gasteiger partial charge on any atom is -0.497 e. The minimum absolute atomic E-state index is 0.0730. The quantitative estimate of drug-likeness (QED) is 0.725. The van der Waals surface area contributed by atoms with Crippen LogP contribution in [0.4, 0.5) is 0 Å². The van der Waals surface area contributed by atoms with Crippen LogP contribution in [0, 0.1) is 5.92 Å². The maximum Gasteiger partial charge on any atom is 0.242 e. The summed E-state index contributed by atoms with van der Waals surface area (Å²) in [6.07, 6.45) is 0. The summed E-state index contributed by atoms with van der Waals surface area (Å²) >= 11 is 6.15. The third-order valence-electron chi connectivity index (χ3n) is 4.55. The highest BCUT2D eigenvalue weighted by molar-refractivity contribution is 6.31. The summed E-state index contributed by atoms with van der Waals surface area (Å²) in [7, 11) is 1.61. The zero-order valence-corrected chi connectivity index (χ0v) is 17.5. The second kappa shape index (κ2) is 10.1. The molecule has 0 aliphatic rings. The number of nitrogens with zero attached hydrogens (tertiary/aromatic N) is 1. The van der Waals surface area contributed by atoms with E-state index in [9.17, 15) is 9.59 Å². The van der Waals surface area contributed by atoms with Crippen LogP contribution < -0.4 is 10.1 Å². The molecule has 1 atom stereocenters. The van der Waals surface area contributed by atoms with E-state index >= 15 is 0 Å². The number of halogens is 1. The van der Waals surface area contributed by atoms with Gasteiger partial charge in [0.1, 0.15) is 11.8 Å². The predicted octanol–water partition coefficient (Wildman–Crippen LogP) is 4.04. The molecule has 0 fully saturated rings. The van der Waals surface area contributed by atoms with E-state index in [0.717, 1.165) is 16.9 Å². The Kier molecular flexibility index (Phi) is 7.88. The second-order valence-electron chi connectivity index (χ2n) is 6.95. The Bertz CT molecular complexity index is 806. The van der Waals surface area contributed by atoms with Crippen molar-refractivity contribution in [2.75, 3.05) is 7.11 Å². The molecule has 150 valence electrons. The third kappa shape index (κ3) is 5.73. The average Bonchev–Trinajstić information content (AvgIpc) is 2.70. The maximum atomic E-state index is 12.7. The first kappa shape index (κ1) is 21.8. The average molecular weight is 403 g/mol. The lowest BCUT2D eigenvalue weighted by molar-refractivity contribution is -0.143. The fraction of sp³-hybridized carbons (Fsp3) is 0.364. The molecule has 0 aromatic heterocycles. The Balaban J connectivity index is 2.11. The lowest BCUT2D eigenvalue weighted by Gasteiger charge is -2.30. The summed E-state index contributed by atoms with van der Waals surface area (Å²) in [4.78, 5) is 27.1. The molecular formula is C22H27ClN2O3. The van der Waals surface area contributed by atoms with Crippen LogP contribution in [-0.2, 0) is 22.7 Å². The lowest BCUT2D eigenvalue weighted by atomic mass is 10.1. The molecule has 5 nitrogen and oxygen atoms in total. The summed E-state index contributed by atoms with van der Waals surface area (Å²) in [5.41, 5.74) is 1.77. The van der Waals surface area contributed by atoms with E-state index in [1.165, 1.54) is 0 Å². The smallest absolute Gasteiger partial charge is 0.242 e. The first-order valence-electron chi connectivity index (χ1n) is 9.28. The molecule has 1 N–H and O–H groups in total. The van der Waals surface area contributed by atoms with Crippen molar-refractivity contribution in [1.82, 2.24) is 10.2 Å². The van der Waals surface area contributed by atoms with Crippen molar-refractivity contribution in [2.45, 2.75) is 39.9 Å². The maximum absolute atomic E-state index is 12.7. The summed E-state index contributed by atoms with van der Waals surface area (Å²) in [6.45, 7) is 6.07. The molecule has 0 radical (unpaired) electrons. The lowest BCUT2D eigenvalue weighted by Crippen LogP contribution is -2.48. The number of methoxy groups -OCH3 is 1. The molecule has 0 aliphatic heterocycles. The highest BCUT2D eigenvalue weighted by Crippen LogP contribution is 2.17. The van der Waals surface area contributed by atoms with Gasteiger partial charge in [-0.05, 0) is 36.2 Å². The number of amides is 2. The fourth-order valence-corrected chi connectivity index (χ4v) is 2.98. The number of carbonyl (C=O) groups excluding carboxylic acids is 2. The van der Waals surface area contributed by atoms with E-state index in [-0.39, 0.29) is 17.7 Å². The van der Waals surface area contributed by atoms with E-state index < -0.39 is 6.04 Å². The van der Waals surface area contributed by atoms with Gasteiger partial charge in [0.05, 0.1) is 7.11 Å². The van der Waals surface area contributed by atoms with E-state index in [1.54, 1.807) is 25.0 Å². The number of carbonyl (C=O) groups is 2. The van der Waals surface area contributed by atoms with Crippen molar-refractivity contribution in [2.24, 2.45) is 5.92 Å². The van der Waals surface area contributed by atoms with Crippen molar-refractivity contribution in [3.63, 3.8) is 0 Å². The molecule has 0 saturated carbocycles. The van der Waals surface area contributed by atoms with Crippen molar-refractivity contribution >= 4 is 23.4 Å². The van der Waals surface area contributed by atoms with Gasteiger partial charge >= 0.3 is 0 Å². The predicted molar refractivity (Wildman–Crippen MR) is 111 cm³/mol. The summed E-state index contributed by atoms with van der Waals surface area (Å²) < 4.78 is 5.17. The zero-order valence-electron chi connectivity index (χ0n) is 16.7. The van der Waals surface area contributed by atoms with Crippen LogP contribution in [0.3, 0.4) is 0 Å². The van der Waals surface area contributed by atoms with Crippen LogP contribution in [0.2, 0.25) is 5.02 Å².